The Morgan fingerprint density at radius 1 is 0.694 bits per heavy atom. The van der Waals surface area contributed by atoms with E-state index in [4.69, 9.17) is 9.84 Å². The molecule has 1 amide bonds. The normalized spacial score (nSPS) is 12.0. The summed E-state index contributed by atoms with van der Waals surface area (Å²) >= 11 is 0. The van der Waals surface area contributed by atoms with Crippen LogP contribution in [0.15, 0.2) is 0 Å². The molecule has 0 aliphatic rings. The first-order chi connectivity index (χ1) is 17.4. The SMILES string of the molecule is CCCCCCCCCCCCC(=O)N[C@@H](CC(=O)O)C(=O)OCCCCCCCCCCC(C)C. The molecule has 0 bridgehead atoms. The third-order valence-electron chi connectivity index (χ3n) is 6.68. The Balaban J connectivity index is 3.88. The zero-order chi connectivity index (χ0) is 26.9. The molecule has 0 rings (SSSR count). The molecule has 2 N–H and O–H groups in total. The van der Waals surface area contributed by atoms with Gasteiger partial charge >= 0.3 is 11.9 Å². The van der Waals surface area contributed by atoms with Crippen molar-refractivity contribution < 1.29 is 24.2 Å². The van der Waals surface area contributed by atoms with Crippen molar-refractivity contribution in [2.45, 2.75) is 162 Å². The van der Waals surface area contributed by atoms with Gasteiger partial charge in [0.25, 0.3) is 0 Å². The van der Waals surface area contributed by atoms with Gasteiger partial charge in [0.2, 0.25) is 5.91 Å². The van der Waals surface area contributed by atoms with Crippen molar-refractivity contribution in [1.82, 2.24) is 5.32 Å². The minimum atomic E-state index is -1.12. The minimum Gasteiger partial charge on any atom is -0.481 e. The lowest BCUT2D eigenvalue weighted by atomic mass is 10.0. The lowest BCUT2D eigenvalue weighted by molar-refractivity contribution is -0.151. The van der Waals surface area contributed by atoms with Crippen molar-refractivity contribution in [2.75, 3.05) is 6.61 Å². The van der Waals surface area contributed by atoms with Gasteiger partial charge in [0.05, 0.1) is 13.0 Å². The van der Waals surface area contributed by atoms with E-state index in [0.29, 0.717) is 6.42 Å². The van der Waals surface area contributed by atoms with Crippen LogP contribution >= 0.6 is 0 Å². The lowest BCUT2D eigenvalue weighted by Gasteiger charge is -2.16. The fourth-order valence-corrected chi connectivity index (χ4v) is 4.40. The van der Waals surface area contributed by atoms with Gasteiger partial charge in [0, 0.05) is 6.42 Å². The Hall–Kier alpha value is -1.59. The molecule has 0 saturated carbocycles. The Kier molecular flexibility index (Phi) is 24.0. The first-order valence-corrected chi connectivity index (χ1v) is 15.0. The van der Waals surface area contributed by atoms with Gasteiger partial charge in [-0.15, -0.1) is 0 Å². The Morgan fingerprint density at radius 2 is 1.17 bits per heavy atom. The molecule has 0 aliphatic heterocycles. The van der Waals surface area contributed by atoms with Crippen molar-refractivity contribution in [3.8, 4) is 0 Å². The van der Waals surface area contributed by atoms with Crippen LogP contribution in [0.1, 0.15) is 156 Å². The fourth-order valence-electron chi connectivity index (χ4n) is 4.40. The molecule has 0 unspecified atom stereocenters. The third-order valence-corrected chi connectivity index (χ3v) is 6.68. The second-order valence-electron chi connectivity index (χ2n) is 10.8. The Morgan fingerprint density at radius 3 is 1.67 bits per heavy atom. The van der Waals surface area contributed by atoms with Crippen LogP contribution < -0.4 is 5.32 Å². The van der Waals surface area contributed by atoms with Crippen LogP contribution in [0.2, 0.25) is 0 Å². The van der Waals surface area contributed by atoms with Crippen LogP contribution in [-0.2, 0) is 19.1 Å². The van der Waals surface area contributed by atoms with E-state index >= 15 is 0 Å². The highest BCUT2D eigenvalue weighted by molar-refractivity contribution is 5.87. The number of amides is 1. The average molecular weight is 512 g/mol. The smallest absolute Gasteiger partial charge is 0.329 e. The first kappa shape index (κ1) is 34.4. The van der Waals surface area contributed by atoms with E-state index in [1.807, 2.05) is 0 Å². The molecule has 0 saturated heterocycles. The number of hydrogen-bond acceptors (Lipinski definition) is 4. The summed E-state index contributed by atoms with van der Waals surface area (Å²) < 4.78 is 5.28. The highest BCUT2D eigenvalue weighted by atomic mass is 16.5. The molecule has 0 aromatic carbocycles. The summed E-state index contributed by atoms with van der Waals surface area (Å²) in [6.45, 7) is 7.04. The molecule has 0 aliphatic carbocycles. The first-order valence-electron chi connectivity index (χ1n) is 15.0. The molecule has 0 heterocycles. The maximum atomic E-state index is 12.3. The van der Waals surface area contributed by atoms with Crippen molar-refractivity contribution >= 4 is 17.8 Å². The van der Waals surface area contributed by atoms with Crippen LogP contribution in [0.5, 0.6) is 0 Å². The van der Waals surface area contributed by atoms with Gasteiger partial charge in [-0.3, -0.25) is 9.59 Å². The quantitative estimate of drug-likeness (QED) is 0.0907. The molecular formula is C30H57NO5. The molecule has 0 aromatic heterocycles. The third kappa shape index (κ3) is 24.1. The van der Waals surface area contributed by atoms with E-state index < -0.39 is 24.4 Å². The summed E-state index contributed by atoms with van der Waals surface area (Å²) in [5, 5.41) is 11.7. The molecule has 6 nitrogen and oxygen atoms in total. The molecule has 212 valence electrons. The van der Waals surface area contributed by atoms with E-state index in [2.05, 4.69) is 26.1 Å². The highest BCUT2D eigenvalue weighted by Gasteiger charge is 2.24. The number of carboxylic acid groups (broad SMARTS) is 1. The molecule has 0 fully saturated rings. The molecule has 36 heavy (non-hydrogen) atoms. The molecule has 0 spiro atoms. The predicted octanol–water partition coefficient (Wildman–Crippen LogP) is 7.97. The fraction of sp³-hybridized carbons (Fsp3) is 0.900. The standard InChI is InChI=1S/C30H57NO5/c1-4-5-6-7-8-9-10-14-17-20-23-28(32)31-27(25-29(33)34)30(35)36-24-21-18-15-12-11-13-16-19-22-26(2)3/h26-27H,4-25H2,1-3H3,(H,31,32)(H,33,34)/t27-/m0/s1. The number of carbonyl (C=O) groups excluding carboxylic acids is 2. The maximum Gasteiger partial charge on any atom is 0.329 e. The van der Waals surface area contributed by atoms with E-state index in [0.717, 1.165) is 44.4 Å². The molecule has 1 atom stereocenters. The van der Waals surface area contributed by atoms with Crippen LogP contribution in [0, 0.1) is 5.92 Å². The van der Waals surface area contributed by atoms with E-state index in [1.54, 1.807) is 0 Å². The zero-order valence-corrected chi connectivity index (χ0v) is 23.8. The second kappa shape index (κ2) is 25.1. The van der Waals surface area contributed by atoms with Gasteiger partial charge in [0.15, 0.2) is 0 Å². The largest absolute Gasteiger partial charge is 0.481 e. The van der Waals surface area contributed by atoms with Crippen molar-refractivity contribution in [3.05, 3.63) is 0 Å². The van der Waals surface area contributed by atoms with Crippen LogP contribution in [0.3, 0.4) is 0 Å². The minimum absolute atomic E-state index is 0.272. The van der Waals surface area contributed by atoms with Crippen molar-refractivity contribution in [2.24, 2.45) is 5.92 Å². The van der Waals surface area contributed by atoms with Gasteiger partial charge in [-0.2, -0.15) is 0 Å². The summed E-state index contributed by atoms with van der Waals surface area (Å²) in [4.78, 5) is 35.7. The van der Waals surface area contributed by atoms with E-state index in [1.165, 1.54) is 83.5 Å². The van der Waals surface area contributed by atoms with E-state index in [-0.39, 0.29) is 12.5 Å². The van der Waals surface area contributed by atoms with Gasteiger partial charge in [-0.25, -0.2) is 4.79 Å². The second-order valence-corrected chi connectivity index (χ2v) is 10.8. The highest BCUT2D eigenvalue weighted by Crippen LogP contribution is 2.13. The topological polar surface area (TPSA) is 92.7 Å². The van der Waals surface area contributed by atoms with Crippen LogP contribution in [0.25, 0.3) is 0 Å². The number of carbonyl (C=O) groups is 3. The van der Waals surface area contributed by atoms with E-state index in [9.17, 15) is 14.4 Å². The van der Waals surface area contributed by atoms with Gasteiger partial charge in [0.1, 0.15) is 6.04 Å². The molecular weight excluding hydrogens is 454 g/mol. The summed E-state index contributed by atoms with van der Waals surface area (Å²) in [6.07, 6.45) is 22.3. The van der Waals surface area contributed by atoms with Gasteiger partial charge < -0.3 is 15.2 Å². The summed E-state index contributed by atoms with van der Waals surface area (Å²) in [7, 11) is 0. The maximum absolute atomic E-state index is 12.3. The number of hydrogen-bond donors (Lipinski definition) is 2. The number of carboxylic acids is 1. The van der Waals surface area contributed by atoms with Crippen molar-refractivity contribution in [1.29, 1.82) is 0 Å². The monoisotopic (exact) mass is 511 g/mol. The summed E-state index contributed by atoms with van der Waals surface area (Å²) in [5.41, 5.74) is 0. The van der Waals surface area contributed by atoms with Crippen LogP contribution in [-0.4, -0.2) is 35.6 Å². The molecule has 6 heteroatoms. The zero-order valence-electron chi connectivity index (χ0n) is 23.8. The average Bonchev–Trinajstić information content (AvgIpc) is 2.82. The summed E-state index contributed by atoms with van der Waals surface area (Å²) in [6, 6.07) is -1.11. The number of unbranched alkanes of at least 4 members (excludes halogenated alkanes) is 16. The Labute approximate surface area is 221 Å². The van der Waals surface area contributed by atoms with Crippen LogP contribution in [0.4, 0.5) is 0 Å². The number of nitrogens with one attached hydrogen (secondary N) is 1. The van der Waals surface area contributed by atoms with Gasteiger partial charge in [-0.1, -0.05) is 130 Å². The Bertz CT molecular complexity index is 549. The summed E-state index contributed by atoms with van der Waals surface area (Å²) in [5.74, 6) is -1.24. The molecule has 0 aromatic rings. The number of esters is 1. The van der Waals surface area contributed by atoms with Gasteiger partial charge in [-0.05, 0) is 18.8 Å². The molecule has 0 radical (unpaired) electrons. The predicted molar refractivity (Wildman–Crippen MR) is 148 cm³/mol. The lowest BCUT2D eigenvalue weighted by Crippen LogP contribution is -2.43. The number of ether oxygens (including phenoxy) is 1. The van der Waals surface area contributed by atoms with Crippen molar-refractivity contribution in [3.63, 3.8) is 0 Å². The number of aliphatic carboxylic acids is 1. The number of rotatable bonds is 26.